The van der Waals surface area contributed by atoms with Crippen LogP contribution >= 0.6 is 0 Å². The molecule has 0 heterocycles. The molecule has 0 radical (unpaired) electrons. The van der Waals surface area contributed by atoms with Crippen LogP contribution in [0.15, 0.2) is 24.3 Å². The van der Waals surface area contributed by atoms with Gasteiger partial charge in [-0.3, -0.25) is 0 Å². The number of hydrogen-bond donors (Lipinski definition) is 0. The highest BCUT2D eigenvalue weighted by Gasteiger charge is 2.32. The Labute approximate surface area is 125 Å². The lowest BCUT2D eigenvalue weighted by Crippen LogP contribution is -2.39. The maximum absolute atomic E-state index is 12.6. The summed E-state index contributed by atoms with van der Waals surface area (Å²) in [4.78, 5) is 0. The minimum absolute atomic E-state index is 0.0797. The van der Waals surface area contributed by atoms with Gasteiger partial charge in [0.1, 0.15) is 6.54 Å². The highest BCUT2D eigenvalue weighted by Crippen LogP contribution is 2.27. The Morgan fingerprint density at radius 3 is 2.48 bits per heavy atom. The predicted molar refractivity (Wildman–Crippen MR) is 78.4 cm³/mol. The largest absolute Gasteiger partial charge is 0.219 e. The molecule has 1 fully saturated rings. The maximum atomic E-state index is 12.6. The van der Waals surface area contributed by atoms with Gasteiger partial charge in [0.2, 0.25) is 10.0 Å². The molecule has 1 aromatic rings. The van der Waals surface area contributed by atoms with E-state index in [0.29, 0.717) is 11.1 Å². The first kappa shape index (κ1) is 15.5. The molecule has 0 atom stereocenters. The molecule has 1 aliphatic carbocycles. The van der Waals surface area contributed by atoms with Gasteiger partial charge in [-0.2, -0.15) is 14.8 Å². The van der Waals surface area contributed by atoms with Gasteiger partial charge >= 0.3 is 0 Å². The van der Waals surface area contributed by atoms with E-state index in [9.17, 15) is 8.42 Å². The van der Waals surface area contributed by atoms with E-state index in [2.05, 4.69) is 0 Å². The molecule has 21 heavy (non-hydrogen) atoms. The van der Waals surface area contributed by atoms with Crippen molar-refractivity contribution in [2.75, 3.05) is 6.54 Å². The standard InChI is InChI=1S/C15H17N3O2S/c16-9-10-18(15-7-3-4-8-15)21(19,20)12-14-6-2-1-5-13(14)11-17/h1-2,5-6,15H,3-4,7-8,10,12H2. The number of rotatable bonds is 5. The van der Waals surface area contributed by atoms with E-state index < -0.39 is 10.0 Å². The number of benzene rings is 1. The Balaban J connectivity index is 2.27. The Morgan fingerprint density at radius 1 is 1.19 bits per heavy atom. The summed E-state index contributed by atoms with van der Waals surface area (Å²) in [6, 6.07) is 10.6. The van der Waals surface area contributed by atoms with Crippen molar-refractivity contribution in [1.82, 2.24) is 4.31 Å². The molecule has 0 bridgehead atoms. The molecule has 1 aromatic carbocycles. The van der Waals surface area contributed by atoms with Crippen LogP contribution in [0.5, 0.6) is 0 Å². The first-order valence-corrected chi connectivity index (χ1v) is 8.54. The number of nitriles is 2. The smallest absolute Gasteiger partial charge is 0.212 e. The van der Waals surface area contributed by atoms with Crippen molar-refractivity contribution in [1.29, 1.82) is 10.5 Å². The van der Waals surface area contributed by atoms with Crippen molar-refractivity contribution < 1.29 is 8.42 Å². The zero-order chi connectivity index (χ0) is 15.3. The quantitative estimate of drug-likeness (QED) is 0.780. The summed E-state index contributed by atoms with van der Waals surface area (Å²) in [5, 5.41) is 18.0. The van der Waals surface area contributed by atoms with Crippen molar-refractivity contribution in [3.8, 4) is 12.1 Å². The minimum Gasteiger partial charge on any atom is -0.212 e. The van der Waals surface area contributed by atoms with Crippen LogP contribution in [0, 0.1) is 22.7 Å². The van der Waals surface area contributed by atoms with Crippen molar-refractivity contribution in [2.45, 2.75) is 37.5 Å². The summed E-state index contributed by atoms with van der Waals surface area (Å²) in [7, 11) is -3.59. The van der Waals surface area contributed by atoms with E-state index in [1.807, 2.05) is 12.1 Å². The minimum atomic E-state index is -3.59. The predicted octanol–water partition coefficient (Wildman–Crippen LogP) is 2.16. The molecule has 0 amide bonds. The molecule has 2 rings (SSSR count). The van der Waals surface area contributed by atoms with Crippen LogP contribution in [0.3, 0.4) is 0 Å². The van der Waals surface area contributed by atoms with Gasteiger partial charge in [-0.15, -0.1) is 0 Å². The molecule has 0 aliphatic heterocycles. The Morgan fingerprint density at radius 2 is 1.86 bits per heavy atom. The SMILES string of the molecule is N#CCN(C1CCCC1)S(=O)(=O)Cc1ccccc1C#N. The van der Waals surface area contributed by atoms with Crippen molar-refractivity contribution >= 4 is 10.0 Å². The van der Waals surface area contributed by atoms with Crippen LogP contribution in [-0.2, 0) is 15.8 Å². The summed E-state index contributed by atoms with van der Waals surface area (Å²) in [6.45, 7) is -0.123. The second-order valence-corrected chi connectivity index (χ2v) is 7.09. The fraction of sp³-hybridized carbons (Fsp3) is 0.467. The average Bonchev–Trinajstić information content (AvgIpc) is 2.98. The van der Waals surface area contributed by atoms with E-state index in [1.165, 1.54) is 4.31 Å². The van der Waals surface area contributed by atoms with Crippen molar-refractivity contribution in [3.05, 3.63) is 35.4 Å². The zero-order valence-electron chi connectivity index (χ0n) is 11.7. The lowest BCUT2D eigenvalue weighted by Gasteiger charge is -2.25. The summed E-state index contributed by atoms with van der Waals surface area (Å²) < 4.78 is 26.5. The van der Waals surface area contributed by atoms with Gasteiger partial charge in [-0.1, -0.05) is 31.0 Å². The van der Waals surface area contributed by atoms with E-state index in [-0.39, 0.29) is 18.3 Å². The first-order chi connectivity index (χ1) is 10.1. The molecule has 0 aromatic heterocycles. The van der Waals surface area contributed by atoms with Crippen LogP contribution in [-0.4, -0.2) is 25.3 Å². The first-order valence-electron chi connectivity index (χ1n) is 6.93. The number of hydrogen-bond acceptors (Lipinski definition) is 4. The van der Waals surface area contributed by atoms with Gasteiger partial charge < -0.3 is 0 Å². The normalized spacial score (nSPS) is 15.8. The molecule has 110 valence electrons. The third-order valence-electron chi connectivity index (χ3n) is 3.79. The van der Waals surface area contributed by atoms with Crippen LogP contribution in [0.25, 0.3) is 0 Å². The van der Waals surface area contributed by atoms with Gasteiger partial charge in [0.05, 0.1) is 23.5 Å². The fourth-order valence-corrected chi connectivity index (χ4v) is 4.48. The average molecular weight is 303 g/mol. The fourth-order valence-electron chi connectivity index (χ4n) is 2.75. The summed E-state index contributed by atoms with van der Waals surface area (Å²) in [5.74, 6) is -0.227. The van der Waals surface area contributed by atoms with Crippen LogP contribution in [0.4, 0.5) is 0 Å². The molecule has 5 nitrogen and oxygen atoms in total. The Bertz CT molecular complexity index is 680. The van der Waals surface area contributed by atoms with E-state index in [4.69, 9.17) is 10.5 Å². The lowest BCUT2D eigenvalue weighted by atomic mass is 10.1. The van der Waals surface area contributed by atoms with Gasteiger partial charge in [0, 0.05) is 6.04 Å². The van der Waals surface area contributed by atoms with E-state index in [1.54, 1.807) is 24.3 Å². The van der Waals surface area contributed by atoms with Crippen LogP contribution in [0.1, 0.15) is 36.8 Å². The summed E-state index contributed by atoms with van der Waals surface area (Å²) >= 11 is 0. The van der Waals surface area contributed by atoms with Crippen LogP contribution < -0.4 is 0 Å². The Hall–Kier alpha value is -1.89. The molecule has 1 aliphatic rings. The van der Waals surface area contributed by atoms with Crippen molar-refractivity contribution in [3.63, 3.8) is 0 Å². The van der Waals surface area contributed by atoms with Crippen molar-refractivity contribution in [2.24, 2.45) is 0 Å². The number of nitrogens with zero attached hydrogens (tertiary/aromatic N) is 3. The summed E-state index contributed by atoms with van der Waals surface area (Å²) in [6.07, 6.45) is 3.61. The van der Waals surface area contributed by atoms with Crippen LogP contribution in [0.2, 0.25) is 0 Å². The lowest BCUT2D eigenvalue weighted by molar-refractivity contribution is 0.349. The molecule has 6 heteroatoms. The van der Waals surface area contributed by atoms with E-state index in [0.717, 1.165) is 25.7 Å². The molecule has 1 saturated carbocycles. The molecule has 0 spiro atoms. The number of sulfonamides is 1. The van der Waals surface area contributed by atoms with Gasteiger partial charge in [-0.25, -0.2) is 8.42 Å². The maximum Gasteiger partial charge on any atom is 0.219 e. The molecule has 0 N–H and O–H groups in total. The van der Waals surface area contributed by atoms with E-state index >= 15 is 0 Å². The second kappa shape index (κ2) is 6.71. The second-order valence-electron chi connectivity index (χ2n) is 5.17. The third-order valence-corrected chi connectivity index (χ3v) is 5.61. The summed E-state index contributed by atoms with van der Waals surface area (Å²) in [5.41, 5.74) is 0.852. The molecule has 0 unspecified atom stereocenters. The molecule has 0 saturated heterocycles. The van der Waals surface area contributed by atoms with Gasteiger partial charge in [0.15, 0.2) is 0 Å². The zero-order valence-corrected chi connectivity index (χ0v) is 12.5. The highest BCUT2D eigenvalue weighted by molar-refractivity contribution is 7.88. The Kier molecular flexibility index (Phi) is 4.95. The third kappa shape index (κ3) is 3.60. The molecular weight excluding hydrogens is 286 g/mol. The van der Waals surface area contributed by atoms with Gasteiger partial charge in [0.25, 0.3) is 0 Å². The van der Waals surface area contributed by atoms with Gasteiger partial charge in [-0.05, 0) is 24.5 Å². The topological polar surface area (TPSA) is 85.0 Å². The highest BCUT2D eigenvalue weighted by atomic mass is 32.2. The monoisotopic (exact) mass is 303 g/mol. The molecular formula is C15H17N3O2S.